The maximum absolute atomic E-state index is 11.9. The Labute approximate surface area is 135 Å². The summed E-state index contributed by atoms with van der Waals surface area (Å²) in [4.78, 5) is 11.9. The van der Waals surface area contributed by atoms with Gasteiger partial charge >= 0.3 is 5.97 Å². The molecule has 3 nitrogen and oxygen atoms in total. The van der Waals surface area contributed by atoms with Gasteiger partial charge in [-0.05, 0) is 60.2 Å². The molecule has 0 radical (unpaired) electrons. The first-order chi connectivity index (χ1) is 11.3. The minimum atomic E-state index is -0.180. The minimum absolute atomic E-state index is 0.166. The number of carbonyl (C=O) groups is 1. The van der Waals surface area contributed by atoms with Gasteiger partial charge in [0.1, 0.15) is 11.9 Å². The van der Waals surface area contributed by atoms with Gasteiger partial charge < -0.3 is 9.47 Å². The molecule has 2 aromatic rings. The highest BCUT2D eigenvalue weighted by atomic mass is 16.5. The molecule has 0 amide bonds. The zero-order chi connectivity index (χ0) is 15.8. The molecule has 0 bridgehead atoms. The number of carbonyl (C=O) groups excluding carboxylic acids is 1. The lowest BCUT2D eigenvalue weighted by molar-refractivity contribution is -0.144. The number of fused-ring (bicyclic) bond motifs is 3. The molecule has 2 aliphatic rings. The molecular formula is C20H20O3. The molecule has 4 rings (SSSR count). The van der Waals surface area contributed by atoms with E-state index in [0.717, 1.165) is 25.0 Å². The first-order valence-corrected chi connectivity index (χ1v) is 8.33. The van der Waals surface area contributed by atoms with Crippen molar-refractivity contribution in [2.24, 2.45) is 0 Å². The van der Waals surface area contributed by atoms with Gasteiger partial charge in [-0.25, -0.2) is 0 Å². The number of hydrogen-bond acceptors (Lipinski definition) is 3. The molecule has 0 fully saturated rings. The summed E-state index contributed by atoms with van der Waals surface area (Å²) >= 11 is 0. The van der Waals surface area contributed by atoms with Crippen molar-refractivity contribution in [2.45, 2.75) is 38.7 Å². The lowest BCUT2D eigenvalue weighted by atomic mass is 9.92. The topological polar surface area (TPSA) is 35.5 Å². The molecule has 0 aromatic heterocycles. The van der Waals surface area contributed by atoms with Gasteiger partial charge in [0, 0.05) is 5.56 Å². The molecule has 2 aromatic carbocycles. The summed E-state index contributed by atoms with van der Waals surface area (Å²) < 4.78 is 11.3. The summed E-state index contributed by atoms with van der Waals surface area (Å²) in [5, 5.41) is 2.40. The van der Waals surface area contributed by atoms with Crippen LogP contribution in [0.4, 0.5) is 0 Å². The average Bonchev–Trinajstić information content (AvgIpc) is 3.04. The van der Waals surface area contributed by atoms with E-state index in [1.165, 1.54) is 27.5 Å². The molecule has 1 aliphatic heterocycles. The van der Waals surface area contributed by atoms with Crippen LogP contribution < -0.4 is 4.74 Å². The predicted octanol–water partition coefficient (Wildman–Crippen LogP) is 4.49. The fourth-order valence-electron chi connectivity index (χ4n) is 3.74. The van der Waals surface area contributed by atoms with Crippen molar-refractivity contribution in [3.05, 3.63) is 47.5 Å². The molecule has 0 N–H and O–H groups in total. The molecule has 0 saturated heterocycles. The standard InChI is InChI=1S/C20H20O3/c1-2-22-20(21)12-19-16-9-5-8-15(16)17-10-13-6-3-4-7-14(13)11-18(17)23-19/h3-4,6-7,10-11,19H,2,5,8-9,12H2,1H3. The third kappa shape index (κ3) is 2.50. The van der Waals surface area contributed by atoms with Crippen LogP contribution in [-0.4, -0.2) is 18.7 Å². The van der Waals surface area contributed by atoms with Crippen molar-refractivity contribution in [3.63, 3.8) is 0 Å². The van der Waals surface area contributed by atoms with Crippen molar-refractivity contribution in [2.75, 3.05) is 6.61 Å². The van der Waals surface area contributed by atoms with E-state index in [0.29, 0.717) is 13.0 Å². The van der Waals surface area contributed by atoms with E-state index in [1.807, 2.05) is 13.0 Å². The van der Waals surface area contributed by atoms with Crippen LogP contribution in [0.5, 0.6) is 5.75 Å². The van der Waals surface area contributed by atoms with Gasteiger partial charge in [-0.15, -0.1) is 0 Å². The van der Waals surface area contributed by atoms with Crippen molar-refractivity contribution in [1.29, 1.82) is 0 Å². The first kappa shape index (κ1) is 14.3. The lowest BCUT2D eigenvalue weighted by Crippen LogP contribution is -2.27. The SMILES string of the molecule is CCOC(=O)CC1Oc2cc3ccccc3cc2C2=C1CCC2. The number of ether oxygens (including phenoxy) is 2. The van der Waals surface area contributed by atoms with E-state index in [9.17, 15) is 4.79 Å². The second-order valence-electron chi connectivity index (χ2n) is 6.17. The number of allylic oxidation sites excluding steroid dienone is 1. The summed E-state index contributed by atoms with van der Waals surface area (Å²) in [5.41, 5.74) is 3.88. The molecule has 23 heavy (non-hydrogen) atoms. The van der Waals surface area contributed by atoms with E-state index in [2.05, 4.69) is 30.3 Å². The Morgan fingerprint density at radius 3 is 2.78 bits per heavy atom. The minimum Gasteiger partial charge on any atom is -0.485 e. The molecule has 0 saturated carbocycles. The smallest absolute Gasteiger partial charge is 0.309 e. The molecule has 3 heteroatoms. The largest absolute Gasteiger partial charge is 0.485 e. The monoisotopic (exact) mass is 308 g/mol. The first-order valence-electron chi connectivity index (χ1n) is 8.33. The highest BCUT2D eigenvalue weighted by Gasteiger charge is 2.33. The van der Waals surface area contributed by atoms with Gasteiger partial charge in [0.25, 0.3) is 0 Å². The highest BCUT2D eigenvalue weighted by molar-refractivity contribution is 5.91. The highest BCUT2D eigenvalue weighted by Crippen LogP contribution is 2.46. The number of benzene rings is 2. The summed E-state index contributed by atoms with van der Waals surface area (Å²) in [6, 6.07) is 12.7. The van der Waals surface area contributed by atoms with Crippen LogP contribution in [0.15, 0.2) is 42.0 Å². The van der Waals surface area contributed by atoms with Gasteiger partial charge in [-0.2, -0.15) is 0 Å². The summed E-state index contributed by atoms with van der Waals surface area (Å²) in [5.74, 6) is 0.721. The predicted molar refractivity (Wildman–Crippen MR) is 90.4 cm³/mol. The molecular weight excluding hydrogens is 288 g/mol. The normalized spacial score (nSPS) is 19.3. The van der Waals surface area contributed by atoms with Crippen molar-refractivity contribution in [3.8, 4) is 5.75 Å². The fourth-order valence-corrected chi connectivity index (χ4v) is 3.74. The molecule has 1 unspecified atom stereocenters. The van der Waals surface area contributed by atoms with E-state index >= 15 is 0 Å². The zero-order valence-corrected chi connectivity index (χ0v) is 13.3. The van der Waals surface area contributed by atoms with Crippen molar-refractivity contribution in [1.82, 2.24) is 0 Å². The van der Waals surface area contributed by atoms with Gasteiger partial charge in [0.05, 0.1) is 13.0 Å². The van der Waals surface area contributed by atoms with E-state index in [4.69, 9.17) is 9.47 Å². The second kappa shape index (κ2) is 5.73. The van der Waals surface area contributed by atoms with Crippen LogP contribution in [0.25, 0.3) is 16.3 Å². The second-order valence-corrected chi connectivity index (χ2v) is 6.17. The van der Waals surface area contributed by atoms with Gasteiger partial charge in [0.2, 0.25) is 0 Å². The zero-order valence-electron chi connectivity index (χ0n) is 13.3. The van der Waals surface area contributed by atoms with E-state index in [-0.39, 0.29) is 12.1 Å². The Hall–Kier alpha value is -2.29. The number of esters is 1. The van der Waals surface area contributed by atoms with Crippen LogP contribution in [-0.2, 0) is 9.53 Å². The number of hydrogen-bond donors (Lipinski definition) is 0. The Morgan fingerprint density at radius 2 is 2.00 bits per heavy atom. The van der Waals surface area contributed by atoms with Crippen LogP contribution >= 0.6 is 0 Å². The third-order valence-corrected chi connectivity index (χ3v) is 4.75. The molecule has 0 spiro atoms. The van der Waals surface area contributed by atoms with Gasteiger partial charge in [0.15, 0.2) is 0 Å². The summed E-state index contributed by atoms with van der Waals surface area (Å²) in [6.07, 6.45) is 3.37. The van der Waals surface area contributed by atoms with Crippen molar-refractivity contribution < 1.29 is 14.3 Å². The Morgan fingerprint density at radius 1 is 1.22 bits per heavy atom. The summed E-state index contributed by atoms with van der Waals surface area (Å²) in [7, 11) is 0. The van der Waals surface area contributed by atoms with E-state index in [1.54, 1.807) is 0 Å². The van der Waals surface area contributed by atoms with Crippen LogP contribution in [0, 0.1) is 0 Å². The third-order valence-electron chi connectivity index (χ3n) is 4.75. The fraction of sp³-hybridized carbons (Fsp3) is 0.350. The Bertz CT molecular complexity index is 804. The van der Waals surface area contributed by atoms with Crippen LogP contribution in [0.3, 0.4) is 0 Å². The molecule has 1 heterocycles. The quantitative estimate of drug-likeness (QED) is 0.784. The summed E-state index contributed by atoms with van der Waals surface area (Å²) in [6.45, 7) is 2.25. The van der Waals surface area contributed by atoms with Crippen LogP contribution in [0.1, 0.15) is 38.2 Å². The Kier molecular flexibility index (Phi) is 3.56. The molecule has 118 valence electrons. The maximum atomic E-state index is 11.9. The number of rotatable bonds is 3. The van der Waals surface area contributed by atoms with Gasteiger partial charge in [-0.1, -0.05) is 24.3 Å². The molecule has 1 aliphatic carbocycles. The average molecular weight is 308 g/mol. The van der Waals surface area contributed by atoms with Crippen LogP contribution in [0.2, 0.25) is 0 Å². The van der Waals surface area contributed by atoms with E-state index < -0.39 is 0 Å². The lowest BCUT2D eigenvalue weighted by Gasteiger charge is -2.28. The van der Waals surface area contributed by atoms with Gasteiger partial charge in [-0.3, -0.25) is 4.79 Å². The molecule has 1 atom stereocenters. The maximum Gasteiger partial charge on any atom is 0.309 e. The van der Waals surface area contributed by atoms with Crippen molar-refractivity contribution >= 4 is 22.3 Å². The Balaban J connectivity index is 1.76.